The molecule has 0 saturated heterocycles. The quantitative estimate of drug-likeness (QED) is 0.506. The smallest absolute Gasteiger partial charge is 0.104 e. The van der Waals surface area contributed by atoms with E-state index in [9.17, 15) is 5.26 Å². The molecule has 1 aliphatic carbocycles. The summed E-state index contributed by atoms with van der Waals surface area (Å²) in [6.07, 6.45) is 12.3. The SMILES string of the molecule is CCCCCCC(C)OCCCCC(C)(C#N)NC1CC1. The van der Waals surface area contributed by atoms with Crippen molar-refractivity contribution in [2.24, 2.45) is 0 Å². The van der Waals surface area contributed by atoms with Gasteiger partial charge in [-0.25, -0.2) is 0 Å². The van der Waals surface area contributed by atoms with Crippen molar-refractivity contribution in [3.05, 3.63) is 0 Å². The Hall–Kier alpha value is -0.590. The van der Waals surface area contributed by atoms with Crippen molar-refractivity contribution >= 4 is 0 Å². The number of ether oxygens (including phenoxy) is 1. The summed E-state index contributed by atoms with van der Waals surface area (Å²) in [5.74, 6) is 0. The molecule has 0 spiro atoms. The molecule has 1 rings (SSSR count). The Morgan fingerprint density at radius 2 is 2.00 bits per heavy atom. The molecule has 0 aromatic heterocycles. The van der Waals surface area contributed by atoms with E-state index < -0.39 is 0 Å². The second-order valence-corrected chi connectivity index (χ2v) is 6.85. The van der Waals surface area contributed by atoms with Gasteiger partial charge in [0.05, 0.1) is 12.2 Å². The summed E-state index contributed by atoms with van der Waals surface area (Å²) < 4.78 is 5.86. The van der Waals surface area contributed by atoms with E-state index in [2.05, 4.69) is 25.2 Å². The molecule has 0 heterocycles. The Balaban J connectivity index is 1.98. The fourth-order valence-electron chi connectivity index (χ4n) is 2.65. The second kappa shape index (κ2) is 10.2. The Labute approximate surface area is 131 Å². The molecule has 1 fully saturated rings. The molecule has 2 unspecified atom stereocenters. The Kier molecular flexibility index (Phi) is 8.96. The number of nitriles is 1. The molecule has 0 amide bonds. The Morgan fingerprint density at radius 3 is 2.62 bits per heavy atom. The van der Waals surface area contributed by atoms with E-state index in [0.29, 0.717) is 12.1 Å². The van der Waals surface area contributed by atoms with Crippen molar-refractivity contribution < 1.29 is 4.74 Å². The van der Waals surface area contributed by atoms with Crippen LogP contribution in [0.1, 0.15) is 85.0 Å². The molecular formula is C18H34N2O. The molecule has 1 saturated carbocycles. The van der Waals surface area contributed by atoms with Gasteiger partial charge in [-0.3, -0.25) is 5.32 Å². The summed E-state index contributed by atoms with van der Waals surface area (Å²) in [6, 6.07) is 3.03. The lowest BCUT2D eigenvalue weighted by Gasteiger charge is -2.23. The van der Waals surface area contributed by atoms with E-state index in [-0.39, 0.29) is 5.54 Å². The van der Waals surface area contributed by atoms with Gasteiger partial charge in [0.2, 0.25) is 0 Å². The minimum Gasteiger partial charge on any atom is -0.379 e. The van der Waals surface area contributed by atoms with Crippen molar-refractivity contribution in [3.63, 3.8) is 0 Å². The zero-order chi connectivity index (χ0) is 15.6. The molecule has 0 aromatic rings. The van der Waals surface area contributed by atoms with Crippen LogP contribution in [0.5, 0.6) is 0 Å². The summed E-state index contributed by atoms with van der Waals surface area (Å²) in [6.45, 7) is 7.29. The first-order valence-electron chi connectivity index (χ1n) is 8.90. The maximum atomic E-state index is 9.30. The summed E-state index contributed by atoms with van der Waals surface area (Å²) in [7, 11) is 0. The van der Waals surface area contributed by atoms with Gasteiger partial charge < -0.3 is 4.74 Å². The molecule has 0 aromatic carbocycles. The maximum Gasteiger partial charge on any atom is 0.104 e. The maximum absolute atomic E-state index is 9.30. The zero-order valence-electron chi connectivity index (χ0n) is 14.3. The number of unbranched alkanes of at least 4 members (excludes halogenated alkanes) is 4. The van der Waals surface area contributed by atoms with Crippen LogP contribution in [0, 0.1) is 11.3 Å². The third kappa shape index (κ3) is 9.11. The normalized spacial score (nSPS) is 19.0. The average molecular weight is 294 g/mol. The number of hydrogen-bond acceptors (Lipinski definition) is 3. The van der Waals surface area contributed by atoms with Crippen LogP contribution in [-0.4, -0.2) is 24.3 Å². The van der Waals surface area contributed by atoms with Gasteiger partial charge in [-0.05, 0) is 52.4 Å². The first-order chi connectivity index (χ1) is 10.1. The van der Waals surface area contributed by atoms with Crippen LogP contribution in [0.3, 0.4) is 0 Å². The number of nitrogens with one attached hydrogen (secondary N) is 1. The van der Waals surface area contributed by atoms with Crippen molar-refractivity contribution in [3.8, 4) is 6.07 Å². The van der Waals surface area contributed by atoms with Gasteiger partial charge in [0.25, 0.3) is 0 Å². The van der Waals surface area contributed by atoms with Crippen LogP contribution < -0.4 is 5.32 Å². The molecule has 1 aliphatic rings. The first kappa shape index (κ1) is 18.5. The van der Waals surface area contributed by atoms with Crippen molar-refractivity contribution in [1.29, 1.82) is 5.26 Å². The molecule has 1 N–H and O–H groups in total. The van der Waals surface area contributed by atoms with Gasteiger partial charge in [-0.1, -0.05) is 32.6 Å². The highest BCUT2D eigenvalue weighted by Crippen LogP contribution is 2.24. The number of nitrogens with zero attached hydrogens (tertiary/aromatic N) is 1. The highest BCUT2D eigenvalue weighted by Gasteiger charge is 2.31. The van der Waals surface area contributed by atoms with Gasteiger partial charge in [0, 0.05) is 12.6 Å². The molecule has 2 atom stereocenters. The summed E-state index contributed by atoms with van der Waals surface area (Å²) in [4.78, 5) is 0. The fourth-order valence-corrected chi connectivity index (χ4v) is 2.65. The van der Waals surface area contributed by atoms with E-state index in [1.807, 2.05) is 6.92 Å². The van der Waals surface area contributed by atoms with Gasteiger partial charge in [-0.2, -0.15) is 5.26 Å². The topological polar surface area (TPSA) is 45.0 Å². The van der Waals surface area contributed by atoms with Crippen molar-refractivity contribution in [2.45, 2.75) is 103 Å². The third-order valence-electron chi connectivity index (χ3n) is 4.28. The van der Waals surface area contributed by atoms with E-state index in [0.717, 1.165) is 25.9 Å². The highest BCUT2D eigenvalue weighted by atomic mass is 16.5. The lowest BCUT2D eigenvalue weighted by atomic mass is 9.96. The van der Waals surface area contributed by atoms with Gasteiger partial charge in [0.15, 0.2) is 0 Å². The average Bonchev–Trinajstić information content (AvgIpc) is 3.27. The van der Waals surface area contributed by atoms with Crippen LogP contribution in [0.4, 0.5) is 0 Å². The van der Waals surface area contributed by atoms with Gasteiger partial charge in [-0.15, -0.1) is 0 Å². The van der Waals surface area contributed by atoms with Gasteiger partial charge in [0.1, 0.15) is 5.54 Å². The lowest BCUT2D eigenvalue weighted by molar-refractivity contribution is 0.0552. The molecule has 0 radical (unpaired) electrons. The van der Waals surface area contributed by atoms with Crippen LogP contribution in [-0.2, 0) is 4.74 Å². The number of hydrogen-bond donors (Lipinski definition) is 1. The van der Waals surface area contributed by atoms with Crippen molar-refractivity contribution in [1.82, 2.24) is 5.32 Å². The molecule has 0 aliphatic heterocycles. The van der Waals surface area contributed by atoms with E-state index >= 15 is 0 Å². The summed E-state index contributed by atoms with van der Waals surface area (Å²) in [5.41, 5.74) is -0.340. The summed E-state index contributed by atoms with van der Waals surface area (Å²) >= 11 is 0. The molecule has 3 heteroatoms. The predicted octanol–water partition coefficient (Wildman–Crippen LogP) is 4.57. The van der Waals surface area contributed by atoms with Crippen LogP contribution in [0.2, 0.25) is 0 Å². The van der Waals surface area contributed by atoms with Crippen LogP contribution in [0.25, 0.3) is 0 Å². The highest BCUT2D eigenvalue weighted by molar-refractivity contribution is 5.06. The molecular weight excluding hydrogens is 260 g/mol. The third-order valence-corrected chi connectivity index (χ3v) is 4.28. The fraction of sp³-hybridized carbons (Fsp3) is 0.944. The molecule has 122 valence electrons. The Bertz CT molecular complexity index is 309. The van der Waals surface area contributed by atoms with Crippen LogP contribution >= 0.6 is 0 Å². The molecule has 3 nitrogen and oxygen atoms in total. The molecule has 0 bridgehead atoms. The standard InChI is InChI=1S/C18H34N2O/c1-4-5-6-7-10-16(2)21-14-9-8-13-18(3,15-19)20-17-11-12-17/h16-17,20H,4-14H2,1-3H3. The zero-order valence-corrected chi connectivity index (χ0v) is 14.3. The monoisotopic (exact) mass is 294 g/mol. The minimum absolute atomic E-state index is 0.340. The van der Waals surface area contributed by atoms with Crippen molar-refractivity contribution in [2.75, 3.05) is 6.61 Å². The van der Waals surface area contributed by atoms with E-state index in [4.69, 9.17) is 4.74 Å². The number of rotatable bonds is 13. The molecule has 21 heavy (non-hydrogen) atoms. The van der Waals surface area contributed by atoms with E-state index in [1.165, 1.54) is 44.9 Å². The van der Waals surface area contributed by atoms with Crippen LogP contribution in [0.15, 0.2) is 0 Å². The summed E-state index contributed by atoms with van der Waals surface area (Å²) in [5, 5.41) is 12.8. The lowest BCUT2D eigenvalue weighted by Crippen LogP contribution is -2.42. The predicted molar refractivity (Wildman–Crippen MR) is 88.2 cm³/mol. The largest absolute Gasteiger partial charge is 0.379 e. The van der Waals surface area contributed by atoms with Gasteiger partial charge >= 0.3 is 0 Å². The second-order valence-electron chi connectivity index (χ2n) is 6.85. The minimum atomic E-state index is -0.340. The Morgan fingerprint density at radius 1 is 1.24 bits per heavy atom. The van der Waals surface area contributed by atoms with E-state index in [1.54, 1.807) is 0 Å². The first-order valence-corrected chi connectivity index (χ1v) is 8.90.